The number of hydrogen-bond donors (Lipinski definition) is 0. The standard InChI is InChI=1S/C53H30N6S/c54-31-33-26-34(32-55)28-39(27-33)37-22-24-46-43(29-37)41-16-7-9-19-45(41)59(46)47-25-23-38(40-18-11-21-49-50(40)42-17-8-10-20-48(42)60-49)30-44(47)53-57-51(35-12-3-1-4-13-35)56-52(58-53)36-14-5-2-6-15-36/h1-30H. The zero-order chi connectivity index (χ0) is 40.2. The molecule has 0 N–H and O–H groups in total. The molecule has 60 heavy (non-hydrogen) atoms. The highest BCUT2D eigenvalue weighted by molar-refractivity contribution is 7.25. The van der Waals surface area contributed by atoms with Gasteiger partial charge in [0.2, 0.25) is 0 Å². The van der Waals surface area contributed by atoms with Crippen LogP contribution in [-0.2, 0) is 0 Å². The van der Waals surface area contributed by atoms with Crippen LogP contribution in [0.2, 0.25) is 0 Å². The Kier molecular flexibility index (Phi) is 8.34. The Hall–Kier alpha value is -8.23. The van der Waals surface area contributed by atoms with Crippen molar-refractivity contribution in [3.8, 4) is 74.2 Å². The lowest BCUT2D eigenvalue weighted by molar-refractivity contribution is 1.06. The molecule has 0 saturated carbocycles. The first kappa shape index (κ1) is 35.0. The fourth-order valence-corrected chi connectivity index (χ4v) is 9.49. The Morgan fingerprint density at radius 2 is 1.00 bits per heavy atom. The van der Waals surface area contributed by atoms with Gasteiger partial charge in [-0.25, -0.2) is 15.0 Å². The van der Waals surface area contributed by atoms with Gasteiger partial charge in [-0.15, -0.1) is 11.3 Å². The predicted molar refractivity (Wildman–Crippen MR) is 244 cm³/mol. The molecule has 0 radical (unpaired) electrons. The molecule has 11 aromatic rings. The Labute approximate surface area is 349 Å². The van der Waals surface area contributed by atoms with Gasteiger partial charge in [0.05, 0.1) is 40.0 Å². The number of aromatic nitrogens is 4. The third-order valence-electron chi connectivity index (χ3n) is 11.1. The minimum atomic E-state index is 0.449. The molecular weight excluding hydrogens is 753 g/mol. The van der Waals surface area contributed by atoms with Crippen molar-refractivity contribution in [2.24, 2.45) is 0 Å². The molecule has 0 aliphatic rings. The molecule has 11 rings (SSSR count). The molecule has 3 aromatic heterocycles. The quantitative estimate of drug-likeness (QED) is 0.167. The number of rotatable bonds is 6. The lowest BCUT2D eigenvalue weighted by atomic mass is 9.96. The van der Waals surface area contributed by atoms with E-state index in [0.717, 1.165) is 66.4 Å². The molecule has 0 fully saturated rings. The van der Waals surface area contributed by atoms with Crippen LogP contribution in [0.25, 0.3) is 104 Å². The second kappa shape index (κ2) is 14.3. The average molecular weight is 783 g/mol. The molecule has 0 bridgehead atoms. The van der Waals surface area contributed by atoms with Gasteiger partial charge in [-0.05, 0) is 82.9 Å². The van der Waals surface area contributed by atoms with Crippen LogP contribution in [0.5, 0.6) is 0 Å². The Balaban J connectivity index is 1.21. The summed E-state index contributed by atoms with van der Waals surface area (Å²) in [7, 11) is 0. The average Bonchev–Trinajstić information content (AvgIpc) is 3.87. The molecule has 3 heterocycles. The van der Waals surface area contributed by atoms with Gasteiger partial charge in [-0.2, -0.15) is 10.5 Å². The number of benzene rings is 8. The third-order valence-corrected chi connectivity index (χ3v) is 12.2. The van der Waals surface area contributed by atoms with E-state index in [0.29, 0.717) is 28.6 Å². The summed E-state index contributed by atoms with van der Waals surface area (Å²) in [4.78, 5) is 15.6. The van der Waals surface area contributed by atoms with Crippen LogP contribution in [0.3, 0.4) is 0 Å². The first-order valence-corrected chi connectivity index (χ1v) is 20.4. The molecule has 0 unspecified atom stereocenters. The Morgan fingerprint density at radius 3 is 1.72 bits per heavy atom. The largest absolute Gasteiger partial charge is 0.309 e. The second-order valence-corrected chi connectivity index (χ2v) is 15.7. The smallest absolute Gasteiger partial charge is 0.166 e. The lowest BCUT2D eigenvalue weighted by Gasteiger charge is -2.17. The van der Waals surface area contributed by atoms with E-state index in [4.69, 9.17) is 15.0 Å². The van der Waals surface area contributed by atoms with Crippen LogP contribution in [0.15, 0.2) is 182 Å². The molecule has 278 valence electrons. The van der Waals surface area contributed by atoms with Crippen LogP contribution >= 0.6 is 11.3 Å². The Morgan fingerprint density at radius 1 is 0.400 bits per heavy atom. The summed E-state index contributed by atoms with van der Waals surface area (Å²) in [6.07, 6.45) is 0. The number of hydrogen-bond acceptors (Lipinski definition) is 6. The van der Waals surface area contributed by atoms with E-state index >= 15 is 0 Å². The molecule has 0 aliphatic carbocycles. The summed E-state index contributed by atoms with van der Waals surface area (Å²) < 4.78 is 4.79. The maximum Gasteiger partial charge on any atom is 0.166 e. The van der Waals surface area contributed by atoms with E-state index in [-0.39, 0.29) is 0 Å². The number of nitriles is 2. The van der Waals surface area contributed by atoms with E-state index < -0.39 is 0 Å². The number of para-hydroxylation sites is 1. The zero-order valence-electron chi connectivity index (χ0n) is 31.9. The van der Waals surface area contributed by atoms with Gasteiger partial charge in [0.15, 0.2) is 17.5 Å². The molecule has 6 nitrogen and oxygen atoms in total. The molecule has 0 atom stereocenters. The molecule has 0 spiro atoms. The minimum absolute atomic E-state index is 0.449. The van der Waals surface area contributed by atoms with E-state index in [1.807, 2.05) is 84.1 Å². The van der Waals surface area contributed by atoms with Crippen molar-refractivity contribution < 1.29 is 0 Å². The summed E-state index contributed by atoms with van der Waals surface area (Å²) in [5.41, 5.74) is 10.4. The molecule has 0 saturated heterocycles. The van der Waals surface area contributed by atoms with Gasteiger partial charge in [0.1, 0.15) is 0 Å². The summed E-state index contributed by atoms with van der Waals surface area (Å²) in [5.74, 6) is 1.73. The monoisotopic (exact) mass is 782 g/mol. The van der Waals surface area contributed by atoms with Gasteiger partial charge in [0, 0.05) is 47.6 Å². The topological polar surface area (TPSA) is 91.2 Å². The van der Waals surface area contributed by atoms with Gasteiger partial charge >= 0.3 is 0 Å². The summed E-state index contributed by atoms with van der Waals surface area (Å²) in [6, 6.07) is 66.4. The lowest BCUT2D eigenvalue weighted by Crippen LogP contribution is -2.04. The molecule has 0 aliphatic heterocycles. The Bertz CT molecular complexity index is 3480. The number of thiophene rings is 1. The van der Waals surface area contributed by atoms with Crippen molar-refractivity contribution >= 4 is 53.3 Å². The first-order valence-electron chi connectivity index (χ1n) is 19.5. The predicted octanol–water partition coefficient (Wildman–Crippen LogP) is 13.4. The number of fused-ring (bicyclic) bond motifs is 6. The highest BCUT2D eigenvalue weighted by Crippen LogP contribution is 2.43. The van der Waals surface area contributed by atoms with Gasteiger partial charge in [0.25, 0.3) is 0 Å². The molecule has 8 aromatic carbocycles. The first-order chi connectivity index (χ1) is 29.6. The van der Waals surface area contributed by atoms with E-state index in [1.54, 1.807) is 6.07 Å². The SMILES string of the molecule is N#Cc1cc(C#N)cc(-c2ccc3c(c2)c2ccccc2n3-c2ccc(-c3cccc4sc5ccccc5c34)cc2-c2nc(-c3ccccc3)nc(-c3ccccc3)n2)c1. The fourth-order valence-electron chi connectivity index (χ4n) is 8.36. The summed E-state index contributed by atoms with van der Waals surface area (Å²) in [6.45, 7) is 0. The van der Waals surface area contributed by atoms with E-state index in [9.17, 15) is 10.5 Å². The van der Waals surface area contributed by atoms with Crippen molar-refractivity contribution in [2.45, 2.75) is 0 Å². The minimum Gasteiger partial charge on any atom is -0.309 e. The van der Waals surface area contributed by atoms with Gasteiger partial charge in [-0.1, -0.05) is 121 Å². The maximum atomic E-state index is 9.76. The summed E-state index contributed by atoms with van der Waals surface area (Å²) >= 11 is 1.81. The highest BCUT2D eigenvalue weighted by atomic mass is 32.1. The van der Waals surface area contributed by atoms with Crippen LogP contribution in [0, 0.1) is 22.7 Å². The van der Waals surface area contributed by atoms with Crippen molar-refractivity contribution in [2.75, 3.05) is 0 Å². The van der Waals surface area contributed by atoms with Crippen molar-refractivity contribution in [1.29, 1.82) is 10.5 Å². The normalized spacial score (nSPS) is 11.3. The van der Waals surface area contributed by atoms with Gasteiger partial charge in [-0.3, -0.25) is 0 Å². The van der Waals surface area contributed by atoms with Crippen LogP contribution in [0.4, 0.5) is 0 Å². The third kappa shape index (κ3) is 5.89. The molecule has 7 heteroatoms. The van der Waals surface area contributed by atoms with E-state index in [1.165, 1.54) is 20.2 Å². The van der Waals surface area contributed by atoms with Gasteiger partial charge < -0.3 is 4.57 Å². The number of nitrogens with zero attached hydrogens (tertiary/aromatic N) is 6. The van der Waals surface area contributed by atoms with Crippen molar-refractivity contribution in [3.05, 3.63) is 193 Å². The fraction of sp³-hybridized carbons (Fsp3) is 0. The second-order valence-electron chi connectivity index (χ2n) is 14.7. The van der Waals surface area contributed by atoms with Crippen molar-refractivity contribution in [3.63, 3.8) is 0 Å². The van der Waals surface area contributed by atoms with E-state index in [2.05, 4.69) is 120 Å². The van der Waals surface area contributed by atoms with Crippen molar-refractivity contribution in [1.82, 2.24) is 19.5 Å². The summed E-state index contributed by atoms with van der Waals surface area (Å²) in [5, 5.41) is 24.1. The van der Waals surface area contributed by atoms with Crippen LogP contribution in [-0.4, -0.2) is 19.5 Å². The van der Waals surface area contributed by atoms with Crippen LogP contribution < -0.4 is 0 Å². The van der Waals surface area contributed by atoms with Crippen LogP contribution in [0.1, 0.15) is 11.1 Å². The zero-order valence-corrected chi connectivity index (χ0v) is 32.7. The molecule has 0 amide bonds. The highest BCUT2D eigenvalue weighted by Gasteiger charge is 2.22. The molecular formula is C53H30N6S. The maximum absolute atomic E-state index is 9.76.